The second-order valence-electron chi connectivity index (χ2n) is 5.15. The van der Waals surface area contributed by atoms with E-state index >= 15 is 0 Å². The Labute approximate surface area is 97.1 Å². The van der Waals surface area contributed by atoms with Gasteiger partial charge in [0.15, 0.2) is 5.78 Å². The van der Waals surface area contributed by atoms with Crippen LogP contribution in [-0.2, 0) is 0 Å². The summed E-state index contributed by atoms with van der Waals surface area (Å²) < 4.78 is 0. The Morgan fingerprint density at radius 2 is 1.94 bits per heavy atom. The Bertz CT molecular complexity index is 376. The minimum Gasteiger partial charge on any atom is -0.384 e. The molecule has 0 spiro atoms. The Morgan fingerprint density at radius 3 is 2.38 bits per heavy atom. The number of rotatable bonds is 4. The third-order valence-electron chi connectivity index (χ3n) is 3.57. The Balaban J connectivity index is 1.92. The summed E-state index contributed by atoms with van der Waals surface area (Å²) in [5.74, 6) is 0.123. The maximum absolute atomic E-state index is 11.1. The molecule has 0 heterocycles. The molecule has 0 amide bonds. The summed E-state index contributed by atoms with van der Waals surface area (Å²) in [6.45, 7) is 4.96. The summed E-state index contributed by atoms with van der Waals surface area (Å²) in [5.41, 5.74) is 2.37. The fourth-order valence-electron chi connectivity index (χ4n) is 2.10. The molecule has 1 saturated carbocycles. The quantitative estimate of drug-likeness (QED) is 0.782. The van der Waals surface area contributed by atoms with Gasteiger partial charge in [0.2, 0.25) is 0 Å². The minimum atomic E-state index is 0.123. The van der Waals surface area contributed by atoms with Crippen LogP contribution in [0.4, 0.5) is 5.69 Å². The number of carbonyl (C=O) groups is 1. The predicted octanol–water partition coefficient (Wildman–Crippen LogP) is 3.49. The molecule has 2 rings (SSSR count). The largest absolute Gasteiger partial charge is 0.384 e. The van der Waals surface area contributed by atoms with E-state index < -0.39 is 0 Å². The molecule has 0 aromatic heterocycles. The third-order valence-corrected chi connectivity index (χ3v) is 3.57. The molecule has 2 nitrogen and oxygen atoms in total. The van der Waals surface area contributed by atoms with Gasteiger partial charge in [-0.05, 0) is 49.4 Å². The van der Waals surface area contributed by atoms with Crippen molar-refractivity contribution in [2.45, 2.75) is 33.1 Å². The van der Waals surface area contributed by atoms with Gasteiger partial charge in [-0.25, -0.2) is 0 Å². The van der Waals surface area contributed by atoms with Crippen LogP contribution < -0.4 is 5.32 Å². The molecule has 1 fully saturated rings. The summed E-state index contributed by atoms with van der Waals surface area (Å²) in [6, 6.07) is 7.74. The Kier molecular flexibility index (Phi) is 2.99. The average molecular weight is 217 g/mol. The number of hydrogen-bond acceptors (Lipinski definition) is 2. The molecule has 1 aliphatic rings. The number of nitrogens with one attached hydrogen (secondary N) is 1. The van der Waals surface area contributed by atoms with Gasteiger partial charge in [-0.2, -0.15) is 0 Å². The lowest BCUT2D eigenvalue weighted by molar-refractivity contribution is 0.101. The highest BCUT2D eigenvalue weighted by Gasteiger charge is 2.31. The molecular weight excluding hydrogens is 198 g/mol. The summed E-state index contributed by atoms with van der Waals surface area (Å²) in [4.78, 5) is 11.1. The fraction of sp³-hybridized carbons (Fsp3) is 0.500. The first-order valence-electron chi connectivity index (χ1n) is 5.94. The van der Waals surface area contributed by atoms with Crippen LogP contribution in [0.5, 0.6) is 0 Å². The molecule has 86 valence electrons. The van der Waals surface area contributed by atoms with E-state index in [-0.39, 0.29) is 5.78 Å². The van der Waals surface area contributed by atoms with Gasteiger partial charge in [-0.1, -0.05) is 13.3 Å². The lowest BCUT2D eigenvalue weighted by Crippen LogP contribution is -2.33. The van der Waals surface area contributed by atoms with Gasteiger partial charge in [0.25, 0.3) is 0 Å². The number of benzene rings is 1. The van der Waals surface area contributed by atoms with Crippen LogP contribution in [0.15, 0.2) is 24.3 Å². The smallest absolute Gasteiger partial charge is 0.159 e. The van der Waals surface area contributed by atoms with Gasteiger partial charge >= 0.3 is 0 Å². The van der Waals surface area contributed by atoms with Crippen molar-refractivity contribution in [2.24, 2.45) is 5.41 Å². The molecule has 16 heavy (non-hydrogen) atoms. The molecular formula is C14H19NO. The Morgan fingerprint density at radius 1 is 1.31 bits per heavy atom. The fourth-order valence-corrected chi connectivity index (χ4v) is 2.10. The highest BCUT2D eigenvalue weighted by atomic mass is 16.1. The average Bonchev–Trinajstić information content (AvgIpc) is 2.24. The molecule has 0 saturated heterocycles. The van der Waals surface area contributed by atoms with E-state index in [2.05, 4.69) is 12.2 Å². The van der Waals surface area contributed by atoms with E-state index in [4.69, 9.17) is 0 Å². The van der Waals surface area contributed by atoms with E-state index in [0.29, 0.717) is 5.41 Å². The first kappa shape index (κ1) is 11.2. The summed E-state index contributed by atoms with van der Waals surface area (Å²) in [5, 5.41) is 3.44. The normalized spacial score (nSPS) is 17.6. The predicted molar refractivity (Wildman–Crippen MR) is 66.9 cm³/mol. The van der Waals surface area contributed by atoms with Crippen molar-refractivity contribution in [3.63, 3.8) is 0 Å². The lowest BCUT2D eigenvalue weighted by atomic mass is 9.70. The van der Waals surface area contributed by atoms with Gasteiger partial charge < -0.3 is 5.32 Å². The highest BCUT2D eigenvalue weighted by molar-refractivity contribution is 5.94. The molecule has 1 aliphatic carbocycles. The maximum Gasteiger partial charge on any atom is 0.159 e. The number of anilines is 1. The SMILES string of the molecule is CC(=O)c1ccc(NCC2(C)CCC2)cc1. The first-order chi connectivity index (χ1) is 7.59. The van der Waals surface area contributed by atoms with Crippen LogP contribution in [0.3, 0.4) is 0 Å². The van der Waals surface area contributed by atoms with E-state index in [1.807, 2.05) is 24.3 Å². The Hall–Kier alpha value is -1.31. The molecule has 0 aliphatic heterocycles. The van der Waals surface area contributed by atoms with Crippen molar-refractivity contribution in [3.8, 4) is 0 Å². The number of Topliss-reactive ketones (excluding diaryl/α,β-unsaturated/α-hetero) is 1. The molecule has 1 aromatic carbocycles. The highest BCUT2D eigenvalue weighted by Crippen LogP contribution is 2.40. The standard InChI is InChI=1S/C14H19NO/c1-11(16)12-4-6-13(7-5-12)15-10-14(2)8-3-9-14/h4-7,15H,3,8-10H2,1-2H3. The topological polar surface area (TPSA) is 29.1 Å². The molecule has 2 heteroatoms. The van der Waals surface area contributed by atoms with Gasteiger partial charge in [-0.15, -0.1) is 0 Å². The van der Waals surface area contributed by atoms with Crippen molar-refractivity contribution >= 4 is 11.5 Å². The van der Waals surface area contributed by atoms with E-state index in [1.165, 1.54) is 19.3 Å². The molecule has 0 unspecified atom stereocenters. The summed E-state index contributed by atoms with van der Waals surface area (Å²) >= 11 is 0. The van der Waals surface area contributed by atoms with Crippen molar-refractivity contribution < 1.29 is 4.79 Å². The molecule has 1 aromatic rings. The van der Waals surface area contributed by atoms with Crippen LogP contribution in [0.2, 0.25) is 0 Å². The van der Waals surface area contributed by atoms with Crippen molar-refractivity contribution in [1.82, 2.24) is 0 Å². The second kappa shape index (κ2) is 4.28. The van der Waals surface area contributed by atoms with Gasteiger partial charge in [0.05, 0.1) is 0 Å². The first-order valence-corrected chi connectivity index (χ1v) is 5.94. The zero-order chi connectivity index (χ0) is 11.6. The molecule has 0 bridgehead atoms. The minimum absolute atomic E-state index is 0.123. The van der Waals surface area contributed by atoms with Gasteiger partial charge in [-0.3, -0.25) is 4.79 Å². The molecule has 0 atom stereocenters. The second-order valence-corrected chi connectivity index (χ2v) is 5.15. The van der Waals surface area contributed by atoms with Gasteiger partial charge in [0.1, 0.15) is 0 Å². The van der Waals surface area contributed by atoms with Crippen LogP contribution in [0.1, 0.15) is 43.5 Å². The maximum atomic E-state index is 11.1. The van der Waals surface area contributed by atoms with E-state index in [0.717, 1.165) is 17.8 Å². The third kappa shape index (κ3) is 2.43. The van der Waals surface area contributed by atoms with Crippen LogP contribution in [-0.4, -0.2) is 12.3 Å². The summed E-state index contributed by atoms with van der Waals surface area (Å²) in [7, 11) is 0. The summed E-state index contributed by atoms with van der Waals surface area (Å²) in [6.07, 6.45) is 4.01. The van der Waals surface area contributed by atoms with Gasteiger partial charge in [0, 0.05) is 17.8 Å². The van der Waals surface area contributed by atoms with Crippen molar-refractivity contribution in [2.75, 3.05) is 11.9 Å². The van der Waals surface area contributed by atoms with E-state index in [1.54, 1.807) is 6.92 Å². The zero-order valence-electron chi connectivity index (χ0n) is 10.0. The monoisotopic (exact) mass is 217 g/mol. The van der Waals surface area contributed by atoms with E-state index in [9.17, 15) is 4.79 Å². The van der Waals surface area contributed by atoms with Crippen LogP contribution in [0, 0.1) is 5.41 Å². The number of hydrogen-bond donors (Lipinski definition) is 1. The molecule has 1 N–H and O–H groups in total. The number of carbonyl (C=O) groups excluding carboxylic acids is 1. The number of ketones is 1. The van der Waals surface area contributed by atoms with Crippen LogP contribution in [0.25, 0.3) is 0 Å². The van der Waals surface area contributed by atoms with Crippen LogP contribution >= 0.6 is 0 Å². The van der Waals surface area contributed by atoms with Crippen molar-refractivity contribution in [3.05, 3.63) is 29.8 Å². The van der Waals surface area contributed by atoms with Crippen molar-refractivity contribution in [1.29, 1.82) is 0 Å². The zero-order valence-corrected chi connectivity index (χ0v) is 10.0. The molecule has 0 radical (unpaired) electrons. The lowest BCUT2D eigenvalue weighted by Gasteiger charge is -2.38.